The molecule has 0 aliphatic heterocycles. The first-order chi connectivity index (χ1) is 9.95. The molecule has 0 radical (unpaired) electrons. The summed E-state index contributed by atoms with van der Waals surface area (Å²) in [4.78, 5) is 10.6. The minimum Gasteiger partial charge on any atom is -0.478 e. The van der Waals surface area contributed by atoms with Gasteiger partial charge in [-0.3, -0.25) is 0 Å². The quantitative estimate of drug-likeness (QED) is 0.834. The Morgan fingerprint density at radius 1 is 1.29 bits per heavy atom. The molecule has 3 nitrogen and oxygen atoms in total. The third kappa shape index (κ3) is 4.07. The number of hydrogen-bond acceptors (Lipinski definition) is 2. The van der Waals surface area contributed by atoms with E-state index in [0.29, 0.717) is 22.1 Å². The predicted octanol–water partition coefficient (Wildman–Crippen LogP) is 4.68. The Hall–Kier alpha value is -2.33. The first kappa shape index (κ1) is 15.1. The number of carboxylic acids is 1. The van der Waals surface area contributed by atoms with Crippen LogP contribution < -0.4 is 4.74 Å². The van der Waals surface area contributed by atoms with Crippen LogP contribution in [0.1, 0.15) is 11.1 Å². The van der Waals surface area contributed by atoms with Crippen LogP contribution in [0.4, 0.5) is 4.39 Å². The fourth-order valence-electron chi connectivity index (χ4n) is 1.71. The van der Waals surface area contributed by atoms with Gasteiger partial charge in [-0.25, -0.2) is 9.18 Å². The molecule has 0 atom stereocenters. The van der Waals surface area contributed by atoms with E-state index in [2.05, 4.69) is 0 Å². The highest BCUT2D eigenvalue weighted by atomic mass is 35.5. The van der Waals surface area contributed by atoms with Crippen LogP contribution in [0.3, 0.4) is 0 Å². The topological polar surface area (TPSA) is 46.5 Å². The number of aliphatic carboxylic acids is 1. The van der Waals surface area contributed by atoms with Gasteiger partial charge in [0.05, 0.1) is 0 Å². The third-order valence-corrected chi connectivity index (χ3v) is 3.16. The summed E-state index contributed by atoms with van der Waals surface area (Å²) in [6, 6.07) is 9.02. The van der Waals surface area contributed by atoms with Gasteiger partial charge in [0.25, 0.3) is 0 Å². The maximum atomic E-state index is 13.3. The number of halogens is 2. The lowest BCUT2D eigenvalue weighted by Gasteiger charge is -2.10. The maximum absolute atomic E-state index is 13.3. The summed E-state index contributed by atoms with van der Waals surface area (Å²) in [7, 11) is 0. The van der Waals surface area contributed by atoms with Gasteiger partial charge >= 0.3 is 5.97 Å². The highest BCUT2D eigenvalue weighted by Gasteiger charge is 2.06. The zero-order valence-corrected chi connectivity index (χ0v) is 11.9. The fraction of sp³-hybridized carbons (Fsp3) is 0.0625. The number of carbonyl (C=O) groups is 1. The van der Waals surface area contributed by atoms with Gasteiger partial charge in [0, 0.05) is 16.7 Å². The number of aryl methyl sites for hydroxylation is 1. The average molecular weight is 307 g/mol. The SMILES string of the molecule is Cc1cc(Oc2ccc(F)cc2/C=C/C(=O)O)ccc1Cl. The minimum atomic E-state index is -1.12. The summed E-state index contributed by atoms with van der Waals surface area (Å²) < 4.78 is 18.9. The van der Waals surface area contributed by atoms with Crippen LogP contribution in [-0.2, 0) is 4.79 Å². The Morgan fingerprint density at radius 3 is 2.71 bits per heavy atom. The monoisotopic (exact) mass is 306 g/mol. The van der Waals surface area contributed by atoms with E-state index >= 15 is 0 Å². The van der Waals surface area contributed by atoms with Crippen LogP contribution in [0, 0.1) is 12.7 Å². The lowest BCUT2D eigenvalue weighted by molar-refractivity contribution is -0.131. The van der Waals surface area contributed by atoms with E-state index in [4.69, 9.17) is 21.4 Å². The number of benzene rings is 2. The Balaban J connectivity index is 2.34. The standard InChI is InChI=1S/C16H12ClFO3/c1-10-8-13(4-5-14(10)17)21-15-6-3-12(18)9-11(15)2-7-16(19)20/h2-9H,1H3,(H,19,20)/b7-2+. The molecule has 21 heavy (non-hydrogen) atoms. The van der Waals surface area contributed by atoms with Crippen LogP contribution in [0.25, 0.3) is 6.08 Å². The minimum absolute atomic E-state index is 0.338. The van der Waals surface area contributed by atoms with Crippen LogP contribution in [0.2, 0.25) is 5.02 Å². The largest absolute Gasteiger partial charge is 0.478 e. The van der Waals surface area contributed by atoms with Crippen molar-refractivity contribution in [3.8, 4) is 11.5 Å². The number of hydrogen-bond donors (Lipinski definition) is 1. The van der Waals surface area contributed by atoms with E-state index < -0.39 is 11.8 Å². The molecule has 2 aromatic rings. The van der Waals surface area contributed by atoms with Crippen molar-refractivity contribution in [2.75, 3.05) is 0 Å². The maximum Gasteiger partial charge on any atom is 0.328 e. The van der Waals surface area contributed by atoms with E-state index in [1.54, 1.807) is 18.2 Å². The van der Waals surface area contributed by atoms with Crippen molar-refractivity contribution in [1.29, 1.82) is 0 Å². The van der Waals surface area contributed by atoms with E-state index in [1.165, 1.54) is 24.3 Å². The first-order valence-electron chi connectivity index (χ1n) is 6.10. The molecule has 0 aliphatic rings. The van der Waals surface area contributed by atoms with Gasteiger partial charge in [0.15, 0.2) is 0 Å². The second-order valence-electron chi connectivity index (χ2n) is 4.37. The number of carboxylic acid groups (broad SMARTS) is 1. The van der Waals surface area contributed by atoms with E-state index in [0.717, 1.165) is 11.6 Å². The van der Waals surface area contributed by atoms with Gasteiger partial charge in [-0.2, -0.15) is 0 Å². The van der Waals surface area contributed by atoms with Crippen molar-refractivity contribution < 1.29 is 19.0 Å². The third-order valence-electron chi connectivity index (χ3n) is 2.73. The van der Waals surface area contributed by atoms with Crippen LogP contribution in [0.5, 0.6) is 11.5 Å². The molecule has 5 heteroatoms. The molecule has 0 fully saturated rings. The van der Waals surface area contributed by atoms with Crippen LogP contribution >= 0.6 is 11.6 Å². The Bertz CT molecular complexity index is 711. The van der Waals surface area contributed by atoms with Crippen molar-refractivity contribution >= 4 is 23.6 Å². The molecule has 0 heterocycles. The van der Waals surface area contributed by atoms with E-state index in [9.17, 15) is 9.18 Å². The Morgan fingerprint density at radius 2 is 2.05 bits per heavy atom. The van der Waals surface area contributed by atoms with Gasteiger partial charge in [-0.15, -0.1) is 0 Å². The second-order valence-corrected chi connectivity index (χ2v) is 4.77. The molecule has 0 bridgehead atoms. The van der Waals surface area contributed by atoms with E-state index in [1.807, 2.05) is 6.92 Å². The van der Waals surface area contributed by atoms with Crippen LogP contribution in [0.15, 0.2) is 42.5 Å². The normalized spacial score (nSPS) is 10.8. The molecule has 108 valence electrons. The van der Waals surface area contributed by atoms with Crippen molar-refractivity contribution in [2.24, 2.45) is 0 Å². The molecule has 0 saturated carbocycles. The highest BCUT2D eigenvalue weighted by Crippen LogP contribution is 2.29. The fourth-order valence-corrected chi connectivity index (χ4v) is 1.83. The molecule has 0 aliphatic carbocycles. The zero-order chi connectivity index (χ0) is 15.4. The molecule has 0 amide bonds. The summed E-state index contributed by atoms with van der Waals surface area (Å²) in [5.74, 6) is -0.698. The lowest BCUT2D eigenvalue weighted by Crippen LogP contribution is -1.91. The average Bonchev–Trinajstić information content (AvgIpc) is 2.43. The summed E-state index contributed by atoms with van der Waals surface area (Å²) in [5.41, 5.74) is 1.18. The van der Waals surface area contributed by atoms with Crippen molar-refractivity contribution in [3.63, 3.8) is 0 Å². The first-order valence-corrected chi connectivity index (χ1v) is 6.48. The number of ether oxygens (including phenoxy) is 1. The molecule has 0 spiro atoms. The Kier molecular flexibility index (Phi) is 4.60. The second kappa shape index (κ2) is 6.41. The summed E-state index contributed by atoms with van der Waals surface area (Å²) in [6.07, 6.45) is 2.21. The van der Waals surface area contributed by atoms with Crippen molar-refractivity contribution in [3.05, 3.63) is 64.4 Å². The molecule has 1 N–H and O–H groups in total. The summed E-state index contributed by atoms with van der Waals surface area (Å²) >= 11 is 5.94. The van der Waals surface area contributed by atoms with Gasteiger partial charge in [0.1, 0.15) is 17.3 Å². The van der Waals surface area contributed by atoms with Gasteiger partial charge < -0.3 is 9.84 Å². The lowest BCUT2D eigenvalue weighted by atomic mass is 10.1. The predicted molar refractivity (Wildman–Crippen MR) is 79.3 cm³/mol. The van der Waals surface area contributed by atoms with Gasteiger partial charge in [0.2, 0.25) is 0 Å². The zero-order valence-electron chi connectivity index (χ0n) is 11.1. The molecule has 0 aromatic heterocycles. The van der Waals surface area contributed by atoms with E-state index in [-0.39, 0.29) is 0 Å². The smallest absolute Gasteiger partial charge is 0.328 e. The van der Waals surface area contributed by atoms with Crippen molar-refractivity contribution in [2.45, 2.75) is 6.92 Å². The molecule has 0 saturated heterocycles. The molecular formula is C16H12ClFO3. The Labute approximate surface area is 126 Å². The number of rotatable bonds is 4. The van der Waals surface area contributed by atoms with Crippen molar-refractivity contribution in [1.82, 2.24) is 0 Å². The molecular weight excluding hydrogens is 295 g/mol. The molecule has 2 aromatic carbocycles. The summed E-state index contributed by atoms with van der Waals surface area (Å²) in [5, 5.41) is 9.27. The van der Waals surface area contributed by atoms with Gasteiger partial charge in [-0.05, 0) is 55.0 Å². The summed E-state index contributed by atoms with van der Waals surface area (Å²) in [6.45, 7) is 1.84. The molecule has 2 rings (SSSR count). The highest BCUT2D eigenvalue weighted by molar-refractivity contribution is 6.31. The van der Waals surface area contributed by atoms with Gasteiger partial charge in [-0.1, -0.05) is 11.6 Å². The molecule has 0 unspecified atom stereocenters. The van der Waals surface area contributed by atoms with Crippen LogP contribution in [-0.4, -0.2) is 11.1 Å².